The maximum absolute atomic E-state index is 12.9. The van der Waals surface area contributed by atoms with Crippen LogP contribution in [0.5, 0.6) is 0 Å². The fourth-order valence-corrected chi connectivity index (χ4v) is 3.96. The molecule has 0 spiro atoms. The van der Waals surface area contributed by atoms with E-state index in [4.69, 9.17) is 0 Å². The summed E-state index contributed by atoms with van der Waals surface area (Å²) in [5, 5.41) is 0.877. The predicted octanol–water partition coefficient (Wildman–Crippen LogP) is 3.25. The minimum Gasteiger partial charge on any atom is -0.309 e. The van der Waals surface area contributed by atoms with E-state index in [-0.39, 0.29) is 11.3 Å². The Bertz CT molecular complexity index is 432. The van der Waals surface area contributed by atoms with Gasteiger partial charge in [-0.15, -0.1) is 0 Å². The van der Waals surface area contributed by atoms with Crippen LogP contribution in [-0.2, 0) is 10.2 Å². The fraction of sp³-hybridized carbons (Fsp3) is 0.562. The number of nitrogens with zero attached hydrogens (tertiary/aromatic N) is 1. The molecule has 1 saturated carbocycles. The predicted molar refractivity (Wildman–Crippen MR) is 82.8 cm³/mol. The van der Waals surface area contributed by atoms with Crippen molar-refractivity contribution in [2.24, 2.45) is 5.92 Å². The Morgan fingerprint density at radius 2 is 2.00 bits per heavy atom. The summed E-state index contributed by atoms with van der Waals surface area (Å²) in [4.78, 5) is 15.0. The number of hydrogen-bond acceptors (Lipinski definition) is 2. The van der Waals surface area contributed by atoms with Crippen LogP contribution in [0.3, 0.4) is 0 Å². The van der Waals surface area contributed by atoms with E-state index < -0.39 is 0 Å². The van der Waals surface area contributed by atoms with Crippen LogP contribution in [0.25, 0.3) is 0 Å². The second-order valence-corrected chi connectivity index (χ2v) is 6.54. The third kappa shape index (κ3) is 2.92. The van der Waals surface area contributed by atoms with Gasteiger partial charge in [-0.2, -0.15) is 0 Å². The molecule has 0 heterocycles. The van der Waals surface area contributed by atoms with Crippen molar-refractivity contribution >= 4 is 21.7 Å². The largest absolute Gasteiger partial charge is 0.309 e. The van der Waals surface area contributed by atoms with Crippen LogP contribution in [0.1, 0.15) is 24.8 Å². The Labute approximate surface area is 124 Å². The van der Waals surface area contributed by atoms with Gasteiger partial charge in [-0.25, -0.2) is 0 Å². The van der Waals surface area contributed by atoms with Crippen molar-refractivity contribution in [3.05, 3.63) is 35.9 Å². The molecule has 0 N–H and O–H groups in total. The van der Waals surface area contributed by atoms with E-state index in [1.807, 2.05) is 32.3 Å². The highest BCUT2D eigenvalue weighted by atomic mass is 79.9. The van der Waals surface area contributed by atoms with Crippen LogP contribution in [0.4, 0.5) is 0 Å². The van der Waals surface area contributed by atoms with E-state index in [0.29, 0.717) is 5.78 Å². The summed E-state index contributed by atoms with van der Waals surface area (Å²) < 4.78 is 0. The van der Waals surface area contributed by atoms with Crippen LogP contribution >= 0.6 is 15.9 Å². The highest BCUT2D eigenvalue weighted by molar-refractivity contribution is 9.09. The number of ketones is 1. The maximum Gasteiger partial charge on any atom is 0.147 e. The van der Waals surface area contributed by atoms with Crippen molar-refractivity contribution in [1.29, 1.82) is 0 Å². The molecule has 2 atom stereocenters. The van der Waals surface area contributed by atoms with E-state index in [2.05, 4.69) is 33.0 Å². The number of halogens is 1. The van der Waals surface area contributed by atoms with Crippen LogP contribution in [-0.4, -0.2) is 36.7 Å². The molecule has 0 aromatic heterocycles. The lowest BCUT2D eigenvalue weighted by Crippen LogP contribution is -2.36. The normalized spacial score (nSPS) is 27.2. The van der Waals surface area contributed by atoms with Crippen molar-refractivity contribution in [2.45, 2.75) is 24.7 Å². The summed E-state index contributed by atoms with van der Waals surface area (Å²) in [6, 6.07) is 10.3. The van der Waals surface area contributed by atoms with Crippen molar-refractivity contribution in [1.82, 2.24) is 4.90 Å². The summed E-state index contributed by atoms with van der Waals surface area (Å²) in [6.45, 7) is 0.871. The number of rotatable bonds is 5. The Morgan fingerprint density at radius 1 is 1.32 bits per heavy atom. The summed E-state index contributed by atoms with van der Waals surface area (Å²) >= 11 is 3.53. The molecule has 1 fully saturated rings. The summed E-state index contributed by atoms with van der Waals surface area (Å²) in [7, 11) is 4.08. The van der Waals surface area contributed by atoms with Gasteiger partial charge in [-0.1, -0.05) is 46.3 Å². The van der Waals surface area contributed by atoms with Crippen LogP contribution in [0.15, 0.2) is 30.3 Å². The molecule has 2 rings (SSSR count). The molecule has 104 valence electrons. The lowest BCUT2D eigenvalue weighted by Gasteiger charge is -2.28. The minimum atomic E-state index is -0.258. The lowest BCUT2D eigenvalue weighted by atomic mass is 9.75. The standard InChI is InChI=1S/C16H22BrNO/c1-18(2)12-13-8-9-16(10-11-17,15(13)19)14-6-4-3-5-7-14/h3-7,13H,8-12H2,1-2H3. The summed E-state index contributed by atoms with van der Waals surface area (Å²) in [6.07, 6.45) is 2.90. The second-order valence-electron chi connectivity index (χ2n) is 5.75. The number of Topliss-reactive ketones (excluding diaryl/α,β-unsaturated/α-hetero) is 1. The van der Waals surface area contributed by atoms with Crippen molar-refractivity contribution in [3.63, 3.8) is 0 Å². The fourth-order valence-electron chi connectivity index (χ4n) is 3.28. The topological polar surface area (TPSA) is 20.3 Å². The molecule has 3 heteroatoms. The molecular weight excluding hydrogens is 302 g/mol. The van der Waals surface area contributed by atoms with Crippen LogP contribution in [0.2, 0.25) is 0 Å². The van der Waals surface area contributed by atoms with E-state index in [9.17, 15) is 4.79 Å². The van der Waals surface area contributed by atoms with Crippen LogP contribution in [0, 0.1) is 5.92 Å². The van der Waals surface area contributed by atoms with Gasteiger partial charge in [0.1, 0.15) is 5.78 Å². The van der Waals surface area contributed by atoms with E-state index in [0.717, 1.165) is 31.1 Å². The van der Waals surface area contributed by atoms with E-state index >= 15 is 0 Å². The van der Waals surface area contributed by atoms with Gasteiger partial charge in [0, 0.05) is 17.8 Å². The van der Waals surface area contributed by atoms with Gasteiger partial charge < -0.3 is 4.90 Å². The van der Waals surface area contributed by atoms with Gasteiger partial charge in [-0.3, -0.25) is 4.79 Å². The molecule has 0 saturated heterocycles. The maximum atomic E-state index is 12.9. The number of hydrogen-bond donors (Lipinski definition) is 0. The van der Waals surface area contributed by atoms with E-state index in [1.54, 1.807) is 0 Å². The molecular formula is C16H22BrNO. The molecule has 19 heavy (non-hydrogen) atoms. The van der Waals surface area contributed by atoms with Gasteiger partial charge >= 0.3 is 0 Å². The van der Waals surface area contributed by atoms with Gasteiger partial charge in [0.15, 0.2) is 0 Å². The molecule has 0 bridgehead atoms. The summed E-state index contributed by atoms with van der Waals surface area (Å²) in [5.41, 5.74) is 0.937. The first-order valence-corrected chi connectivity index (χ1v) is 8.03. The van der Waals surface area contributed by atoms with Gasteiger partial charge in [0.2, 0.25) is 0 Å². The minimum absolute atomic E-state index is 0.189. The van der Waals surface area contributed by atoms with Gasteiger partial charge in [0.25, 0.3) is 0 Å². The molecule has 0 aliphatic heterocycles. The third-order valence-electron chi connectivity index (χ3n) is 4.20. The molecule has 2 unspecified atom stereocenters. The SMILES string of the molecule is CN(C)CC1CCC(CCBr)(c2ccccc2)C1=O. The van der Waals surface area contributed by atoms with Gasteiger partial charge in [0.05, 0.1) is 5.41 Å². The Balaban J connectivity index is 2.29. The zero-order valence-electron chi connectivity index (χ0n) is 11.7. The molecule has 1 aliphatic rings. The average Bonchev–Trinajstić information content (AvgIpc) is 2.70. The number of carbonyl (C=O) groups excluding carboxylic acids is 1. The van der Waals surface area contributed by atoms with Crippen LogP contribution < -0.4 is 0 Å². The Morgan fingerprint density at radius 3 is 2.58 bits per heavy atom. The second kappa shape index (κ2) is 6.19. The number of carbonyl (C=O) groups is 1. The van der Waals surface area contributed by atoms with Crippen molar-refractivity contribution in [3.8, 4) is 0 Å². The number of alkyl halides is 1. The van der Waals surface area contributed by atoms with Crippen molar-refractivity contribution in [2.75, 3.05) is 26.0 Å². The quantitative estimate of drug-likeness (QED) is 0.775. The Kier molecular flexibility index (Phi) is 4.80. The summed E-state index contributed by atoms with van der Waals surface area (Å²) in [5.74, 6) is 0.626. The van der Waals surface area contributed by atoms with E-state index in [1.165, 1.54) is 5.56 Å². The molecule has 0 radical (unpaired) electrons. The third-order valence-corrected chi connectivity index (χ3v) is 4.59. The number of benzene rings is 1. The monoisotopic (exact) mass is 323 g/mol. The van der Waals surface area contributed by atoms with Crippen molar-refractivity contribution < 1.29 is 4.79 Å². The molecule has 1 aromatic carbocycles. The zero-order valence-corrected chi connectivity index (χ0v) is 13.3. The Hall–Kier alpha value is -0.670. The first-order chi connectivity index (χ1) is 9.10. The molecule has 0 amide bonds. The first-order valence-electron chi connectivity index (χ1n) is 6.91. The molecule has 1 aromatic rings. The zero-order chi connectivity index (χ0) is 13.9. The first kappa shape index (κ1) is 14.7. The lowest BCUT2D eigenvalue weighted by molar-refractivity contribution is -0.125. The highest BCUT2D eigenvalue weighted by Gasteiger charge is 2.47. The average molecular weight is 324 g/mol. The highest BCUT2D eigenvalue weighted by Crippen LogP contribution is 2.44. The molecule has 1 aliphatic carbocycles. The smallest absolute Gasteiger partial charge is 0.147 e. The van der Waals surface area contributed by atoms with Gasteiger partial charge in [-0.05, 0) is 38.9 Å². The molecule has 2 nitrogen and oxygen atoms in total.